The zero-order valence-electron chi connectivity index (χ0n) is 15.2. The molecule has 3 nitrogen and oxygen atoms in total. The highest BCUT2D eigenvalue weighted by Gasteiger charge is 2.23. The van der Waals surface area contributed by atoms with Crippen molar-refractivity contribution in [3.05, 3.63) is 35.4 Å². The Morgan fingerprint density at radius 2 is 1.78 bits per heavy atom. The maximum absolute atomic E-state index is 9.22. The van der Waals surface area contributed by atoms with Gasteiger partial charge in [0, 0.05) is 19.6 Å². The van der Waals surface area contributed by atoms with Gasteiger partial charge in [-0.15, -0.1) is 0 Å². The van der Waals surface area contributed by atoms with Crippen LogP contribution in [0.15, 0.2) is 24.3 Å². The number of morpholine rings is 1. The molecule has 1 aliphatic heterocycles. The SMILES string of the molecule is CC(Cc1ccc(C(C)(C)C#N)cc1)CN1CC(C)OC(C)C1. The molecular weight excluding hydrogens is 284 g/mol. The summed E-state index contributed by atoms with van der Waals surface area (Å²) in [4.78, 5) is 2.52. The molecule has 126 valence electrons. The summed E-state index contributed by atoms with van der Waals surface area (Å²) in [6.07, 6.45) is 1.74. The lowest BCUT2D eigenvalue weighted by molar-refractivity contribution is -0.0708. The molecule has 0 radical (unpaired) electrons. The molecule has 23 heavy (non-hydrogen) atoms. The van der Waals surface area contributed by atoms with E-state index < -0.39 is 5.41 Å². The highest BCUT2D eigenvalue weighted by molar-refractivity contribution is 5.32. The summed E-state index contributed by atoms with van der Waals surface area (Å²) in [5.74, 6) is 0.613. The molecule has 3 unspecified atom stereocenters. The summed E-state index contributed by atoms with van der Waals surface area (Å²) < 4.78 is 5.80. The minimum absolute atomic E-state index is 0.332. The van der Waals surface area contributed by atoms with E-state index in [-0.39, 0.29) is 0 Å². The first-order valence-corrected chi connectivity index (χ1v) is 8.68. The lowest BCUT2D eigenvalue weighted by Gasteiger charge is -2.36. The van der Waals surface area contributed by atoms with Crippen LogP contribution in [0.5, 0.6) is 0 Å². The fourth-order valence-corrected chi connectivity index (χ4v) is 3.46. The van der Waals surface area contributed by atoms with E-state index in [0.29, 0.717) is 18.1 Å². The van der Waals surface area contributed by atoms with Gasteiger partial charge in [0.25, 0.3) is 0 Å². The van der Waals surface area contributed by atoms with Crippen LogP contribution < -0.4 is 0 Å². The highest BCUT2D eigenvalue weighted by atomic mass is 16.5. The minimum atomic E-state index is -0.412. The van der Waals surface area contributed by atoms with Crippen molar-refractivity contribution in [2.45, 2.75) is 58.7 Å². The van der Waals surface area contributed by atoms with Gasteiger partial charge in [0.15, 0.2) is 0 Å². The predicted molar refractivity (Wildman–Crippen MR) is 94.4 cm³/mol. The normalized spacial score (nSPS) is 24.2. The lowest BCUT2D eigenvalue weighted by Crippen LogP contribution is -2.47. The molecule has 3 heteroatoms. The van der Waals surface area contributed by atoms with Gasteiger partial charge in [-0.3, -0.25) is 4.90 Å². The monoisotopic (exact) mass is 314 g/mol. The van der Waals surface area contributed by atoms with E-state index in [0.717, 1.165) is 31.6 Å². The van der Waals surface area contributed by atoms with Crippen LogP contribution in [0, 0.1) is 17.2 Å². The van der Waals surface area contributed by atoms with E-state index in [9.17, 15) is 5.26 Å². The van der Waals surface area contributed by atoms with Crippen LogP contribution in [0.1, 0.15) is 45.7 Å². The summed E-state index contributed by atoms with van der Waals surface area (Å²) in [7, 11) is 0. The quantitative estimate of drug-likeness (QED) is 0.830. The standard InChI is InChI=1S/C20H30N2O/c1-15(11-22-12-16(2)23-17(3)13-22)10-18-6-8-19(9-7-18)20(4,5)14-21/h6-9,15-17H,10-13H2,1-5H3. The van der Waals surface area contributed by atoms with Crippen LogP contribution in [0.2, 0.25) is 0 Å². The van der Waals surface area contributed by atoms with E-state index >= 15 is 0 Å². The molecule has 3 atom stereocenters. The Hall–Kier alpha value is -1.37. The maximum atomic E-state index is 9.22. The molecule has 1 aliphatic rings. The van der Waals surface area contributed by atoms with Crippen LogP contribution in [-0.4, -0.2) is 36.7 Å². The third kappa shape index (κ3) is 5.06. The fraction of sp³-hybridized carbons (Fsp3) is 0.650. The van der Waals surface area contributed by atoms with Gasteiger partial charge in [-0.2, -0.15) is 5.26 Å². The van der Waals surface area contributed by atoms with Crippen LogP contribution in [0.3, 0.4) is 0 Å². The van der Waals surface area contributed by atoms with Crippen molar-refractivity contribution >= 4 is 0 Å². The van der Waals surface area contributed by atoms with Crippen molar-refractivity contribution in [1.82, 2.24) is 4.90 Å². The molecule has 0 aliphatic carbocycles. The summed E-state index contributed by atoms with van der Waals surface area (Å²) >= 11 is 0. The van der Waals surface area contributed by atoms with Gasteiger partial charge in [-0.25, -0.2) is 0 Å². The number of hydrogen-bond donors (Lipinski definition) is 0. The molecule has 1 aromatic rings. The molecule has 1 fully saturated rings. The van der Waals surface area contributed by atoms with Gasteiger partial charge >= 0.3 is 0 Å². The molecule has 0 bridgehead atoms. The Kier molecular flexibility index (Phi) is 5.84. The van der Waals surface area contributed by atoms with E-state index in [4.69, 9.17) is 4.74 Å². The smallest absolute Gasteiger partial charge is 0.0766 e. The van der Waals surface area contributed by atoms with Gasteiger partial charge in [-0.05, 0) is 51.2 Å². The van der Waals surface area contributed by atoms with Crippen molar-refractivity contribution < 1.29 is 4.74 Å². The molecule has 0 N–H and O–H groups in total. The summed E-state index contributed by atoms with van der Waals surface area (Å²) in [5.41, 5.74) is 2.03. The van der Waals surface area contributed by atoms with Crippen molar-refractivity contribution in [3.63, 3.8) is 0 Å². The molecule has 0 saturated carbocycles. The zero-order valence-corrected chi connectivity index (χ0v) is 15.2. The second-order valence-corrected chi connectivity index (χ2v) is 7.72. The third-order valence-corrected chi connectivity index (χ3v) is 4.60. The van der Waals surface area contributed by atoms with Crippen molar-refractivity contribution in [1.29, 1.82) is 5.26 Å². The molecular formula is C20H30N2O. The number of nitriles is 1. The van der Waals surface area contributed by atoms with Crippen molar-refractivity contribution in [3.8, 4) is 6.07 Å². The van der Waals surface area contributed by atoms with E-state index in [1.165, 1.54) is 5.56 Å². The first-order chi connectivity index (χ1) is 10.8. The lowest BCUT2D eigenvalue weighted by atomic mass is 9.85. The molecule has 0 amide bonds. The summed E-state index contributed by atoms with van der Waals surface area (Å²) in [6.45, 7) is 13.7. The molecule has 2 rings (SSSR count). The molecule has 1 heterocycles. The molecule has 0 aromatic heterocycles. The number of rotatable bonds is 5. The minimum Gasteiger partial charge on any atom is -0.373 e. The Morgan fingerprint density at radius 1 is 1.22 bits per heavy atom. The predicted octanol–water partition coefficient (Wildman–Crippen LogP) is 3.78. The van der Waals surface area contributed by atoms with E-state index in [2.05, 4.69) is 56.0 Å². The van der Waals surface area contributed by atoms with Gasteiger partial charge < -0.3 is 4.74 Å². The van der Waals surface area contributed by atoms with Gasteiger partial charge in [0.05, 0.1) is 23.7 Å². The van der Waals surface area contributed by atoms with Crippen LogP contribution in [0.25, 0.3) is 0 Å². The highest BCUT2D eigenvalue weighted by Crippen LogP contribution is 2.23. The Morgan fingerprint density at radius 3 is 2.30 bits per heavy atom. The Labute approximate surface area is 141 Å². The first kappa shape index (κ1) is 18.0. The van der Waals surface area contributed by atoms with Crippen molar-refractivity contribution in [2.24, 2.45) is 5.92 Å². The topological polar surface area (TPSA) is 36.3 Å². The molecule has 1 aromatic carbocycles. The second kappa shape index (κ2) is 7.47. The van der Waals surface area contributed by atoms with Crippen LogP contribution in [-0.2, 0) is 16.6 Å². The average molecular weight is 314 g/mol. The number of hydrogen-bond acceptors (Lipinski definition) is 3. The van der Waals surface area contributed by atoms with Gasteiger partial charge in [0.1, 0.15) is 0 Å². The fourth-order valence-electron chi connectivity index (χ4n) is 3.46. The van der Waals surface area contributed by atoms with E-state index in [1.54, 1.807) is 0 Å². The largest absolute Gasteiger partial charge is 0.373 e. The third-order valence-electron chi connectivity index (χ3n) is 4.60. The van der Waals surface area contributed by atoms with E-state index in [1.807, 2.05) is 13.8 Å². The van der Waals surface area contributed by atoms with Gasteiger partial charge in [-0.1, -0.05) is 31.2 Å². The van der Waals surface area contributed by atoms with Crippen LogP contribution in [0.4, 0.5) is 0 Å². The van der Waals surface area contributed by atoms with Gasteiger partial charge in [0.2, 0.25) is 0 Å². The summed E-state index contributed by atoms with van der Waals surface area (Å²) in [6, 6.07) is 10.9. The Bertz CT molecular complexity index is 534. The Balaban J connectivity index is 1.90. The number of nitrogens with zero attached hydrogens (tertiary/aromatic N) is 2. The number of ether oxygens (including phenoxy) is 1. The maximum Gasteiger partial charge on any atom is 0.0766 e. The molecule has 0 spiro atoms. The van der Waals surface area contributed by atoms with Crippen molar-refractivity contribution in [2.75, 3.05) is 19.6 Å². The first-order valence-electron chi connectivity index (χ1n) is 8.68. The van der Waals surface area contributed by atoms with Crippen LogP contribution >= 0.6 is 0 Å². The summed E-state index contributed by atoms with van der Waals surface area (Å²) in [5, 5.41) is 9.22. The zero-order chi connectivity index (χ0) is 17.0. The number of benzene rings is 1. The second-order valence-electron chi connectivity index (χ2n) is 7.72. The molecule has 1 saturated heterocycles. The average Bonchev–Trinajstić information content (AvgIpc) is 2.46.